The predicted molar refractivity (Wildman–Crippen MR) is 55.6 cm³/mol. The Bertz CT molecular complexity index is 105. The second-order valence-electron chi connectivity index (χ2n) is 1.88. The molecule has 1 atom stereocenters. The monoisotopic (exact) mass is 240 g/mol. The first-order valence-electron chi connectivity index (χ1n) is 2.87. The molecule has 4 nitrogen and oxygen atoms in total. The van der Waals surface area contributed by atoms with Crippen molar-refractivity contribution in [3.8, 4) is 0 Å². The van der Waals surface area contributed by atoms with E-state index in [9.17, 15) is 4.79 Å². The van der Waals surface area contributed by atoms with Crippen molar-refractivity contribution in [3.05, 3.63) is 0 Å². The van der Waals surface area contributed by atoms with Crippen molar-refractivity contribution < 1.29 is 9.90 Å². The molecule has 0 radical (unpaired) electrons. The summed E-state index contributed by atoms with van der Waals surface area (Å²) in [6.45, 7) is 0.501. The molecule has 5 N–H and O–H groups in total. The van der Waals surface area contributed by atoms with Crippen molar-refractivity contribution in [2.45, 2.75) is 18.9 Å². The summed E-state index contributed by atoms with van der Waals surface area (Å²) in [5, 5.41) is 8.24. The Kier molecular flexibility index (Phi) is 26.2. The van der Waals surface area contributed by atoms with Crippen molar-refractivity contribution in [3.63, 3.8) is 0 Å². The summed E-state index contributed by atoms with van der Waals surface area (Å²) in [5.41, 5.74) is 10.3. The van der Waals surface area contributed by atoms with Gasteiger partial charge in [-0.25, -0.2) is 0 Å². The van der Waals surface area contributed by atoms with Crippen molar-refractivity contribution in [2.24, 2.45) is 11.5 Å². The number of nitrogens with two attached hydrogens (primary N) is 2. The minimum absolute atomic E-state index is 0. The van der Waals surface area contributed by atoms with Gasteiger partial charge in [-0.3, -0.25) is 4.79 Å². The van der Waals surface area contributed by atoms with E-state index >= 15 is 0 Å². The van der Waals surface area contributed by atoms with Gasteiger partial charge in [-0.2, -0.15) is 0 Å². The average Bonchev–Trinajstić information content (AvgIpc) is 1.82. The van der Waals surface area contributed by atoms with Crippen LogP contribution in [0.15, 0.2) is 0 Å². The van der Waals surface area contributed by atoms with Crippen molar-refractivity contribution in [1.82, 2.24) is 0 Å². The van der Waals surface area contributed by atoms with Crippen LogP contribution in [0, 0.1) is 0 Å². The number of hydrogen-bond donors (Lipinski definition) is 3. The van der Waals surface area contributed by atoms with E-state index in [1.54, 1.807) is 0 Å². The maximum Gasteiger partial charge on any atom is 0.320 e. The Labute approximate surface area is 90.3 Å². The smallest absolute Gasteiger partial charge is 0.320 e. The van der Waals surface area contributed by atoms with Crippen LogP contribution in [-0.4, -0.2) is 23.7 Å². The van der Waals surface area contributed by atoms with E-state index in [0.717, 1.165) is 0 Å². The maximum atomic E-state index is 10.0. The first-order valence-corrected chi connectivity index (χ1v) is 2.87. The molecule has 0 aromatic rings. The zero-order valence-electron chi connectivity index (χ0n) is 6.43. The molecule has 0 aliphatic carbocycles. The van der Waals surface area contributed by atoms with Crippen molar-refractivity contribution in [2.75, 3.05) is 6.54 Å². The average molecular weight is 242 g/mol. The van der Waals surface area contributed by atoms with Gasteiger partial charge in [0.05, 0.1) is 0 Å². The van der Waals surface area contributed by atoms with Crippen molar-refractivity contribution in [1.29, 1.82) is 0 Å². The molecular weight excluding hydrogens is 226 g/mol. The van der Waals surface area contributed by atoms with E-state index < -0.39 is 12.0 Å². The third-order valence-corrected chi connectivity index (χ3v) is 1.04. The van der Waals surface area contributed by atoms with Crippen LogP contribution in [0.4, 0.5) is 0 Å². The molecule has 0 amide bonds. The number of rotatable bonds is 4. The fraction of sp³-hybridized carbons (Fsp3) is 0.800. The molecule has 0 heterocycles. The van der Waals surface area contributed by atoms with Crippen LogP contribution in [0.1, 0.15) is 12.8 Å². The summed E-state index contributed by atoms with van der Waals surface area (Å²) in [4.78, 5) is 10.0. The zero-order valence-corrected chi connectivity index (χ0v) is 8.88. The third kappa shape index (κ3) is 12.9. The Morgan fingerprint density at radius 3 is 2.00 bits per heavy atom. The minimum Gasteiger partial charge on any atom is -0.480 e. The highest BCUT2D eigenvalue weighted by Gasteiger charge is 2.08. The van der Waals surface area contributed by atoms with Crippen LogP contribution in [0.25, 0.3) is 0 Å². The summed E-state index contributed by atoms with van der Waals surface area (Å²) < 4.78 is 0. The lowest BCUT2D eigenvalue weighted by atomic mass is 10.2. The van der Waals surface area contributed by atoms with Gasteiger partial charge in [-0.15, -0.1) is 37.2 Å². The van der Waals surface area contributed by atoms with Gasteiger partial charge in [-0.05, 0) is 19.4 Å². The van der Waals surface area contributed by atoms with Gasteiger partial charge in [-0.1, -0.05) is 0 Å². The Morgan fingerprint density at radius 2 is 1.75 bits per heavy atom. The van der Waals surface area contributed by atoms with Gasteiger partial charge >= 0.3 is 5.97 Å². The maximum absolute atomic E-state index is 10.0. The summed E-state index contributed by atoms with van der Waals surface area (Å²) >= 11 is 0. The molecule has 0 aromatic heterocycles. The van der Waals surface area contributed by atoms with Gasteiger partial charge in [0, 0.05) is 0 Å². The molecule has 0 unspecified atom stereocenters. The molecule has 0 rings (SSSR count). The van der Waals surface area contributed by atoms with Crippen LogP contribution in [0.5, 0.6) is 0 Å². The van der Waals surface area contributed by atoms with Crippen molar-refractivity contribution >= 4 is 43.2 Å². The molecule has 0 aliphatic heterocycles. The largest absolute Gasteiger partial charge is 0.480 e. The van der Waals surface area contributed by atoms with Crippen LogP contribution in [-0.2, 0) is 4.79 Å². The Morgan fingerprint density at radius 1 is 1.33 bits per heavy atom. The molecular formula is C5H15Cl3N2O2. The highest BCUT2D eigenvalue weighted by Crippen LogP contribution is 1.91. The first kappa shape index (κ1) is 22.8. The van der Waals surface area contributed by atoms with Gasteiger partial charge < -0.3 is 16.6 Å². The van der Waals surface area contributed by atoms with Gasteiger partial charge in [0.2, 0.25) is 0 Å². The number of carbonyl (C=O) groups is 1. The molecule has 0 bridgehead atoms. The predicted octanol–water partition coefficient (Wildman–Crippen LogP) is 0.403. The fourth-order valence-corrected chi connectivity index (χ4v) is 0.461. The molecule has 0 spiro atoms. The van der Waals surface area contributed by atoms with E-state index in [1.807, 2.05) is 0 Å². The van der Waals surface area contributed by atoms with E-state index in [0.29, 0.717) is 19.4 Å². The van der Waals surface area contributed by atoms with Crippen LogP contribution >= 0.6 is 37.2 Å². The number of carboxylic acid groups (broad SMARTS) is 1. The first-order chi connectivity index (χ1) is 4.18. The second kappa shape index (κ2) is 13.8. The highest BCUT2D eigenvalue weighted by atomic mass is 35.5. The lowest BCUT2D eigenvalue weighted by Gasteiger charge is -2.02. The highest BCUT2D eigenvalue weighted by molar-refractivity contribution is 5.86. The Balaban J connectivity index is -0.000000107. The molecule has 78 valence electrons. The molecule has 7 heteroatoms. The minimum atomic E-state index is -0.955. The molecule has 12 heavy (non-hydrogen) atoms. The van der Waals surface area contributed by atoms with Gasteiger partial charge in [0.15, 0.2) is 0 Å². The second-order valence-corrected chi connectivity index (χ2v) is 1.88. The number of hydrogen-bond acceptors (Lipinski definition) is 3. The lowest BCUT2D eigenvalue weighted by Crippen LogP contribution is -2.30. The summed E-state index contributed by atoms with van der Waals surface area (Å²) in [7, 11) is 0. The lowest BCUT2D eigenvalue weighted by molar-refractivity contribution is -0.138. The molecule has 0 aromatic carbocycles. The van der Waals surface area contributed by atoms with Gasteiger partial charge in [0.25, 0.3) is 0 Å². The standard InChI is InChI=1S/C5H12N2O2.3ClH/c6-3-1-2-4(7)5(8)9;;;/h4H,1-3,6-7H2,(H,8,9);3*1H/t4-;;;/m0.../s1. The van der Waals surface area contributed by atoms with E-state index in [2.05, 4.69) is 0 Å². The molecule has 0 aliphatic rings. The summed E-state index contributed by atoms with van der Waals surface area (Å²) in [6, 6.07) is -0.742. The van der Waals surface area contributed by atoms with Gasteiger partial charge in [0.1, 0.15) is 6.04 Å². The van der Waals surface area contributed by atoms with E-state index in [-0.39, 0.29) is 37.2 Å². The third-order valence-electron chi connectivity index (χ3n) is 1.04. The summed E-state index contributed by atoms with van der Waals surface area (Å²) in [5.74, 6) is -0.955. The summed E-state index contributed by atoms with van der Waals surface area (Å²) in [6.07, 6.45) is 1.14. The SMILES string of the molecule is Cl.Cl.Cl.NCCC[C@H](N)C(=O)O. The van der Waals surface area contributed by atoms with E-state index in [4.69, 9.17) is 16.6 Å². The Hall–Kier alpha value is 0.260. The van der Waals surface area contributed by atoms with Crippen LogP contribution in [0.2, 0.25) is 0 Å². The zero-order chi connectivity index (χ0) is 7.28. The number of aliphatic carboxylic acids is 1. The topological polar surface area (TPSA) is 89.3 Å². The number of halogens is 3. The molecule has 0 saturated heterocycles. The molecule has 0 saturated carbocycles. The normalized spacial score (nSPS) is 9.83. The molecule has 0 fully saturated rings. The van der Waals surface area contributed by atoms with E-state index in [1.165, 1.54) is 0 Å². The van der Waals surface area contributed by atoms with Crippen LogP contribution < -0.4 is 11.5 Å². The fourth-order valence-electron chi connectivity index (χ4n) is 0.461. The van der Waals surface area contributed by atoms with Crippen LogP contribution in [0.3, 0.4) is 0 Å². The quantitative estimate of drug-likeness (QED) is 0.665. The number of carboxylic acids is 1.